The van der Waals surface area contributed by atoms with Crippen molar-refractivity contribution in [1.29, 1.82) is 0 Å². The molecule has 7 nitrogen and oxygen atoms in total. The number of hydrogen-bond donors (Lipinski definition) is 2. The Labute approximate surface area is 166 Å². The Hall–Kier alpha value is -1.64. The van der Waals surface area contributed by atoms with Gasteiger partial charge in [0.05, 0.1) is 0 Å². The summed E-state index contributed by atoms with van der Waals surface area (Å²) in [5.41, 5.74) is 1.89. The highest BCUT2D eigenvalue weighted by atomic mass is 35.5. The first-order chi connectivity index (χ1) is 12.2. The van der Waals surface area contributed by atoms with Crippen LogP contribution in [0.4, 0.5) is 5.69 Å². The van der Waals surface area contributed by atoms with Gasteiger partial charge in [0.15, 0.2) is 14.6 Å². The Morgan fingerprint density at radius 2 is 1.81 bits per heavy atom. The van der Waals surface area contributed by atoms with E-state index in [1.54, 1.807) is 4.90 Å². The van der Waals surface area contributed by atoms with Crippen molar-refractivity contribution in [3.63, 3.8) is 0 Å². The van der Waals surface area contributed by atoms with Crippen LogP contribution < -0.4 is 15.5 Å². The van der Waals surface area contributed by atoms with Gasteiger partial charge in [-0.25, -0.2) is 8.42 Å². The molecule has 27 heavy (non-hydrogen) atoms. The molecule has 0 aliphatic carbocycles. The first-order valence-corrected chi connectivity index (χ1v) is 10.7. The maximum atomic E-state index is 12.9. The second-order valence-corrected chi connectivity index (χ2v) is 9.48. The Bertz CT molecular complexity index is 804. The lowest BCUT2D eigenvalue weighted by atomic mass is 9.95. The number of sulfone groups is 1. The van der Waals surface area contributed by atoms with Gasteiger partial charge in [0.25, 0.3) is 0 Å². The third-order valence-electron chi connectivity index (χ3n) is 5.39. The smallest absolute Gasteiger partial charge is 0.249 e. The Morgan fingerprint density at radius 3 is 2.37 bits per heavy atom. The number of hydrogen-bond acceptors (Lipinski definition) is 5. The zero-order valence-corrected chi connectivity index (χ0v) is 17.2. The molecule has 3 rings (SSSR count). The number of amides is 2. The van der Waals surface area contributed by atoms with E-state index in [1.807, 2.05) is 31.2 Å². The summed E-state index contributed by atoms with van der Waals surface area (Å²) in [6, 6.07) is 6.94. The molecule has 2 saturated heterocycles. The lowest BCUT2D eigenvalue weighted by Crippen LogP contribution is -2.59. The minimum atomic E-state index is -3.59. The maximum absolute atomic E-state index is 12.9. The standard InChI is InChI=1S/C18H25N3O4S.ClH/c1-13-3-5-14(6-4-13)21-12-7-15(16(21)22)20-17(23)18(26(2,24)25)8-10-19-11-9-18;/h3-6,15,19H,7-12H2,1-2H3,(H,20,23);1H. The number of piperidine rings is 1. The fraction of sp³-hybridized carbons (Fsp3) is 0.556. The maximum Gasteiger partial charge on any atom is 0.249 e. The molecule has 0 radical (unpaired) electrons. The molecule has 1 aromatic rings. The van der Waals surface area contributed by atoms with Crippen molar-refractivity contribution in [1.82, 2.24) is 10.6 Å². The van der Waals surface area contributed by atoms with Crippen molar-refractivity contribution in [2.45, 2.75) is 37.0 Å². The summed E-state index contributed by atoms with van der Waals surface area (Å²) in [6.07, 6.45) is 2.02. The Morgan fingerprint density at radius 1 is 1.22 bits per heavy atom. The van der Waals surface area contributed by atoms with Crippen molar-refractivity contribution in [2.24, 2.45) is 0 Å². The molecule has 2 fully saturated rings. The highest BCUT2D eigenvalue weighted by Gasteiger charge is 2.50. The van der Waals surface area contributed by atoms with Crippen molar-refractivity contribution < 1.29 is 18.0 Å². The van der Waals surface area contributed by atoms with Gasteiger partial charge in [-0.15, -0.1) is 12.4 Å². The number of anilines is 1. The molecule has 0 bridgehead atoms. The van der Waals surface area contributed by atoms with Gasteiger partial charge < -0.3 is 15.5 Å². The number of halogens is 1. The number of carbonyl (C=O) groups is 2. The van der Waals surface area contributed by atoms with Crippen LogP contribution in [0.15, 0.2) is 24.3 Å². The van der Waals surface area contributed by atoms with E-state index in [-0.39, 0.29) is 31.2 Å². The van der Waals surface area contributed by atoms with E-state index in [2.05, 4.69) is 10.6 Å². The third kappa shape index (κ3) is 4.12. The van der Waals surface area contributed by atoms with Gasteiger partial charge in [0, 0.05) is 18.5 Å². The van der Waals surface area contributed by atoms with Gasteiger partial charge in [-0.05, 0) is 51.4 Å². The number of aryl methyl sites for hydroxylation is 1. The molecule has 2 aliphatic rings. The average molecular weight is 416 g/mol. The number of benzene rings is 1. The molecule has 150 valence electrons. The van der Waals surface area contributed by atoms with Gasteiger partial charge in [0.2, 0.25) is 11.8 Å². The lowest BCUT2D eigenvalue weighted by molar-refractivity contribution is -0.128. The van der Waals surface area contributed by atoms with Crippen LogP contribution in [-0.4, -0.2) is 56.9 Å². The fourth-order valence-corrected chi connectivity index (χ4v) is 5.02. The zero-order chi connectivity index (χ0) is 18.9. The number of carbonyl (C=O) groups excluding carboxylic acids is 2. The number of nitrogens with one attached hydrogen (secondary N) is 2. The SMILES string of the molecule is Cc1ccc(N2CCC(NC(=O)C3(S(C)(=O)=O)CCNCC3)C2=O)cc1.Cl. The van der Waals surface area contributed by atoms with E-state index in [9.17, 15) is 18.0 Å². The van der Waals surface area contributed by atoms with Crippen LogP contribution in [0.3, 0.4) is 0 Å². The fourth-order valence-electron chi connectivity index (χ4n) is 3.68. The molecule has 0 aromatic heterocycles. The molecule has 1 unspecified atom stereocenters. The second-order valence-electron chi connectivity index (χ2n) is 7.16. The van der Waals surface area contributed by atoms with E-state index in [0.29, 0.717) is 26.1 Å². The van der Waals surface area contributed by atoms with Crippen molar-refractivity contribution >= 4 is 39.7 Å². The van der Waals surface area contributed by atoms with Crippen LogP contribution in [0, 0.1) is 6.92 Å². The first-order valence-electron chi connectivity index (χ1n) is 8.84. The molecular weight excluding hydrogens is 390 g/mol. The topological polar surface area (TPSA) is 95.6 Å². The van der Waals surface area contributed by atoms with Gasteiger partial charge >= 0.3 is 0 Å². The predicted octanol–water partition coefficient (Wildman–Crippen LogP) is 0.805. The summed E-state index contributed by atoms with van der Waals surface area (Å²) in [4.78, 5) is 27.2. The second kappa shape index (κ2) is 8.16. The lowest BCUT2D eigenvalue weighted by Gasteiger charge is -2.35. The first kappa shape index (κ1) is 21.7. The Balaban J connectivity index is 0.00000261. The molecule has 1 aromatic carbocycles. The average Bonchev–Trinajstić information content (AvgIpc) is 2.96. The predicted molar refractivity (Wildman–Crippen MR) is 107 cm³/mol. The molecule has 2 heterocycles. The van der Waals surface area contributed by atoms with E-state index in [4.69, 9.17) is 0 Å². The highest BCUT2D eigenvalue weighted by molar-refractivity contribution is 7.92. The summed E-state index contributed by atoms with van der Waals surface area (Å²) in [5, 5.41) is 5.80. The molecule has 1 atom stereocenters. The minimum absolute atomic E-state index is 0. The largest absolute Gasteiger partial charge is 0.343 e. The van der Waals surface area contributed by atoms with Crippen LogP contribution in [0.25, 0.3) is 0 Å². The summed E-state index contributed by atoms with van der Waals surface area (Å²) >= 11 is 0. The van der Waals surface area contributed by atoms with Gasteiger partial charge in [-0.3, -0.25) is 9.59 Å². The number of nitrogens with zero attached hydrogens (tertiary/aromatic N) is 1. The van der Waals surface area contributed by atoms with E-state index in [0.717, 1.165) is 17.5 Å². The van der Waals surface area contributed by atoms with Crippen LogP contribution >= 0.6 is 12.4 Å². The van der Waals surface area contributed by atoms with Crippen LogP contribution in [0.1, 0.15) is 24.8 Å². The molecule has 2 amide bonds. The van der Waals surface area contributed by atoms with Crippen LogP contribution in [-0.2, 0) is 19.4 Å². The third-order valence-corrected chi connectivity index (χ3v) is 7.40. The normalized spacial score (nSPS) is 22.2. The molecule has 9 heteroatoms. The highest BCUT2D eigenvalue weighted by Crippen LogP contribution is 2.29. The van der Waals surface area contributed by atoms with Gasteiger partial charge in [-0.2, -0.15) is 0 Å². The summed E-state index contributed by atoms with van der Waals surface area (Å²) in [7, 11) is -3.59. The van der Waals surface area contributed by atoms with Crippen molar-refractivity contribution in [3.8, 4) is 0 Å². The van der Waals surface area contributed by atoms with E-state index >= 15 is 0 Å². The molecule has 0 saturated carbocycles. The monoisotopic (exact) mass is 415 g/mol. The summed E-state index contributed by atoms with van der Waals surface area (Å²) in [6.45, 7) is 3.41. The van der Waals surface area contributed by atoms with Gasteiger partial charge in [-0.1, -0.05) is 17.7 Å². The van der Waals surface area contributed by atoms with Gasteiger partial charge in [0.1, 0.15) is 6.04 Å². The van der Waals surface area contributed by atoms with Crippen molar-refractivity contribution in [3.05, 3.63) is 29.8 Å². The zero-order valence-electron chi connectivity index (χ0n) is 15.5. The van der Waals surface area contributed by atoms with Crippen LogP contribution in [0.5, 0.6) is 0 Å². The molecule has 2 aliphatic heterocycles. The minimum Gasteiger partial charge on any atom is -0.343 e. The van der Waals surface area contributed by atoms with Crippen molar-refractivity contribution in [2.75, 3.05) is 30.8 Å². The van der Waals surface area contributed by atoms with E-state index in [1.165, 1.54) is 0 Å². The van der Waals surface area contributed by atoms with Crippen LogP contribution in [0.2, 0.25) is 0 Å². The molecule has 2 N–H and O–H groups in total. The summed E-state index contributed by atoms with van der Waals surface area (Å²) in [5.74, 6) is -0.745. The molecular formula is C18H26ClN3O4S. The van der Waals surface area contributed by atoms with E-state index < -0.39 is 26.5 Å². The quantitative estimate of drug-likeness (QED) is 0.758. The molecule has 0 spiro atoms. The Kier molecular flexibility index (Phi) is 6.55. The number of rotatable bonds is 4. The summed E-state index contributed by atoms with van der Waals surface area (Å²) < 4.78 is 23.2.